The number of alkyl halides is 3. The third-order valence-electron chi connectivity index (χ3n) is 4.77. The second-order valence-electron chi connectivity index (χ2n) is 6.62. The van der Waals surface area contributed by atoms with E-state index in [0.29, 0.717) is 31.2 Å². The number of hydrogen-bond acceptors (Lipinski definition) is 5. The summed E-state index contributed by atoms with van der Waals surface area (Å²) in [5, 5.41) is 0.618. The Balaban J connectivity index is 1.51. The lowest BCUT2D eigenvalue weighted by molar-refractivity contribution is -0.137. The van der Waals surface area contributed by atoms with E-state index >= 15 is 0 Å². The molecule has 4 rings (SSSR count). The first-order valence-corrected chi connectivity index (χ1v) is 9.40. The Bertz CT molecular complexity index is 1000. The van der Waals surface area contributed by atoms with Crippen LogP contribution in [-0.4, -0.2) is 41.1 Å². The van der Waals surface area contributed by atoms with Crippen molar-refractivity contribution in [2.75, 3.05) is 36.0 Å². The second kappa shape index (κ2) is 7.87. The van der Waals surface area contributed by atoms with E-state index in [1.807, 2.05) is 29.2 Å². The van der Waals surface area contributed by atoms with E-state index in [1.54, 1.807) is 11.0 Å². The van der Waals surface area contributed by atoms with Gasteiger partial charge in [-0.2, -0.15) is 13.2 Å². The zero-order valence-electron chi connectivity index (χ0n) is 15.3. The molecule has 0 saturated carbocycles. The molecule has 0 N–H and O–H groups in total. The standard InChI is InChI=1S/C20H17ClF3N5/c21-15-4-1-3-14(11-15)17-12-18(27-13-26-17)28-7-9-29(10-8-28)19-16(20(22,23)24)5-2-6-25-19/h1-6,11-13H,7-10H2. The monoisotopic (exact) mass is 419 g/mol. The van der Waals surface area contributed by atoms with E-state index in [2.05, 4.69) is 15.0 Å². The number of pyridine rings is 1. The van der Waals surface area contributed by atoms with Gasteiger partial charge in [0.1, 0.15) is 18.0 Å². The maximum atomic E-state index is 13.3. The summed E-state index contributed by atoms with van der Waals surface area (Å²) in [6.07, 6.45) is -1.56. The lowest BCUT2D eigenvalue weighted by Crippen LogP contribution is -2.47. The summed E-state index contributed by atoms with van der Waals surface area (Å²) in [5.74, 6) is 0.702. The first-order chi connectivity index (χ1) is 13.9. The molecule has 1 aliphatic rings. The highest BCUT2D eigenvalue weighted by Gasteiger charge is 2.36. The fraction of sp³-hybridized carbons (Fsp3) is 0.250. The molecule has 1 aromatic carbocycles. The molecule has 9 heteroatoms. The van der Waals surface area contributed by atoms with Gasteiger partial charge >= 0.3 is 6.18 Å². The predicted molar refractivity (Wildman–Crippen MR) is 106 cm³/mol. The van der Waals surface area contributed by atoms with Gasteiger partial charge in [-0.05, 0) is 24.3 Å². The van der Waals surface area contributed by atoms with Gasteiger partial charge in [-0.15, -0.1) is 0 Å². The lowest BCUT2D eigenvalue weighted by atomic mass is 10.1. The molecule has 150 valence electrons. The van der Waals surface area contributed by atoms with Crippen LogP contribution in [0, 0.1) is 0 Å². The molecule has 0 unspecified atom stereocenters. The van der Waals surface area contributed by atoms with Crippen LogP contribution in [0.2, 0.25) is 5.02 Å². The molecule has 3 heterocycles. The molecule has 0 amide bonds. The zero-order valence-corrected chi connectivity index (χ0v) is 16.0. The molecule has 0 bridgehead atoms. The van der Waals surface area contributed by atoms with Crippen molar-refractivity contribution in [3.8, 4) is 11.3 Å². The molecule has 0 aliphatic carbocycles. The maximum Gasteiger partial charge on any atom is 0.419 e. The van der Waals surface area contributed by atoms with Gasteiger partial charge in [-0.3, -0.25) is 0 Å². The first kappa shape index (κ1) is 19.4. The summed E-state index contributed by atoms with van der Waals surface area (Å²) in [6, 6.07) is 11.6. The molecular weight excluding hydrogens is 403 g/mol. The molecule has 0 radical (unpaired) electrons. The topological polar surface area (TPSA) is 45.2 Å². The van der Waals surface area contributed by atoms with E-state index in [9.17, 15) is 13.2 Å². The molecule has 0 atom stereocenters. The summed E-state index contributed by atoms with van der Waals surface area (Å²) in [5.41, 5.74) is 0.908. The van der Waals surface area contributed by atoms with Crippen LogP contribution in [0.15, 0.2) is 55.0 Å². The maximum absolute atomic E-state index is 13.3. The Morgan fingerprint density at radius 2 is 1.62 bits per heavy atom. The van der Waals surface area contributed by atoms with Crippen LogP contribution < -0.4 is 9.80 Å². The van der Waals surface area contributed by atoms with Crippen LogP contribution in [0.3, 0.4) is 0 Å². The van der Waals surface area contributed by atoms with Gasteiger partial charge in [0.25, 0.3) is 0 Å². The quantitative estimate of drug-likeness (QED) is 0.623. The molecule has 1 aliphatic heterocycles. The summed E-state index contributed by atoms with van der Waals surface area (Å²) in [6.45, 7) is 1.88. The number of anilines is 2. The highest BCUT2D eigenvalue weighted by Crippen LogP contribution is 2.35. The Morgan fingerprint density at radius 3 is 2.34 bits per heavy atom. The average Bonchev–Trinajstić information content (AvgIpc) is 2.73. The summed E-state index contributed by atoms with van der Waals surface area (Å²) in [4.78, 5) is 16.3. The van der Waals surface area contributed by atoms with Crippen LogP contribution in [0.1, 0.15) is 5.56 Å². The number of hydrogen-bond donors (Lipinski definition) is 0. The molecule has 29 heavy (non-hydrogen) atoms. The van der Waals surface area contributed by atoms with E-state index in [4.69, 9.17) is 11.6 Å². The minimum atomic E-state index is -4.43. The number of piperazine rings is 1. The van der Waals surface area contributed by atoms with Crippen LogP contribution in [0.5, 0.6) is 0 Å². The van der Waals surface area contributed by atoms with E-state index in [1.165, 1.54) is 18.6 Å². The third kappa shape index (κ3) is 4.27. The molecular formula is C20H17ClF3N5. The fourth-order valence-electron chi connectivity index (χ4n) is 3.34. The first-order valence-electron chi connectivity index (χ1n) is 9.02. The van der Waals surface area contributed by atoms with Gasteiger partial charge in [-0.25, -0.2) is 15.0 Å². The van der Waals surface area contributed by atoms with Crippen molar-refractivity contribution in [1.29, 1.82) is 0 Å². The zero-order chi connectivity index (χ0) is 20.4. The van der Waals surface area contributed by atoms with Gasteiger partial charge in [-0.1, -0.05) is 23.7 Å². The van der Waals surface area contributed by atoms with Gasteiger partial charge in [0.2, 0.25) is 0 Å². The van der Waals surface area contributed by atoms with E-state index in [-0.39, 0.29) is 5.82 Å². The van der Waals surface area contributed by atoms with Gasteiger partial charge in [0.15, 0.2) is 0 Å². The minimum absolute atomic E-state index is 0.0260. The molecule has 0 spiro atoms. The Labute approximate surface area is 170 Å². The highest BCUT2D eigenvalue weighted by atomic mass is 35.5. The average molecular weight is 420 g/mol. The smallest absolute Gasteiger partial charge is 0.353 e. The predicted octanol–water partition coefficient (Wildman–Crippen LogP) is 4.54. The van der Waals surface area contributed by atoms with Crippen LogP contribution in [-0.2, 0) is 6.18 Å². The lowest BCUT2D eigenvalue weighted by Gasteiger charge is -2.36. The molecule has 3 aromatic rings. The normalized spacial score (nSPS) is 14.9. The van der Waals surface area contributed by atoms with Crippen LogP contribution in [0.4, 0.5) is 24.8 Å². The van der Waals surface area contributed by atoms with Gasteiger partial charge in [0.05, 0.1) is 11.3 Å². The van der Waals surface area contributed by atoms with E-state index < -0.39 is 11.7 Å². The van der Waals surface area contributed by atoms with Crippen molar-refractivity contribution in [2.24, 2.45) is 0 Å². The largest absolute Gasteiger partial charge is 0.419 e. The summed E-state index contributed by atoms with van der Waals surface area (Å²) >= 11 is 6.06. The van der Waals surface area contributed by atoms with Crippen molar-refractivity contribution < 1.29 is 13.2 Å². The Kier molecular flexibility index (Phi) is 5.27. The SMILES string of the molecule is FC(F)(F)c1cccnc1N1CCN(c2cc(-c3cccc(Cl)c3)ncn2)CC1. The van der Waals surface area contributed by atoms with Crippen molar-refractivity contribution in [3.05, 3.63) is 65.6 Å². The third-order valence-corrected chi connectivity index (χ3v) is 5.00. The molecule has 2 aromatic heterocycles. The number of benzene rings is 1. The number of halogens is 4. The number of rotatable bonds is 3. The number of nitrogens with zero attached hydrogens (tertiary/aromatic N) is 5. The van der Waals surface area contributed by atoms with Crippen molar-refractivity contribution >= 4 is 23.2 Å². The summed E-state index contributed by atoms with van der Waals surface area (Å²) in [7, 11) is 0. The Hall–Kier alpha value is -2.87. The van der Waals surface area contributed by atoms with Crippen LogP contribution >= 0.6 is 11.6 Å². The van der Waals surface area contributed by atoms with Crippen molar-refractivity contribution in [3.63, 3.8) is 0 Å². The van der Waals surface area contributed by atoms with Crippen LogP contribution in [0.25, 0.3) is 11.3 Å². The second-order valence-corrected chi connectivity index (χ2v) is 7.05. The summed E-state index contributed by atoms with van der Waals surface area (Å²) < 4.78 is 39.8. The Morgan fingerprint density at radius 1 is 0.862 bits per heavy atom. The molecule has 1 saturated heterocycles. The van der Waals surface area contributed by atoms with Gasteiger partial charge in [0, 0.05) is 49.0 Å². The molecule has 1 fully saturated rings. The highest BCUT2D eigenvalue weighted by molar-refractivity contribution is 6.30. The molecule has 5 nitrogen and oxygen atoms in total. The number of aromatic nitrogens is 3. The fourth-order valence-corrected chi connectivity index (χ4v) is 3.53. The van der Waals surface area contributed by atoms with Crippen molar-refractivity contribution in [2.45, 2.75) is 6.18 Å². The van der Waals surface area contributed by atoms with Crippen molar-refractivity contribution in [1.82, 2.24) is 15.0 Å². The van der Waals surface area contributed by atoms with E-state index in [0.717, 1.165) is 23.1 Å². The minimum Gasteiger partial charge on any atom is -0.353 e. The van der Waals surface area contributed by atoms with Gasteiger partial charge < -0.3 is 9.80 Å².